The number of carbonyl (C=O) groups is 1. The van der Waals surface area contributed by atoms with Crippen LogP contribution in [0.1, 0.15) is 17.3 Å². The van der Waals surface area contributed by atoms with Crippen molar-refractivity contribution < 1.29 is 13.2 Å². The van der Waals surface area contributed by atoms with E-state index >= 15 is 0 Å². The number of rotatable bonds is 5. The highest BCUT2D eigenvalue weighted by atomic mass is 32.2. The van der Waals surface area contributed by atoms with Gasteiger partial charge in [-0.05, 0) is 19.1 Å². The van der Waals surface area contributed by atoms with Gasteiger partial charge < -0.3 is 0 Å². The maximum absolute atomic E-state index is 12.4. The predicted molar refractivity (Wildman–Crippen MR) is 86.4 cm³/mol. The van der Waals surface area contributed by atoms with Crippen LogP contribution in [-0.2, 0) is 10.0 Å². The van der Waals surface area contributed by atoms with Gasteiger partial charge in [0, 0.05) is 24.0 Å². The van der Waals surface area contributed by atoms with Gasteiger partial charge in [0.2, 0.25) is 0 Å². The molecule has 122 valence electrons. The van der Waals surface area contributed by atoms with Crippen LogP contribution in [0.2, 0.25) is 0 Å². The monoisotopic (exact) mass is 343 g/mol. The number of Topliss-reactive ketones (excluding diaryl/α,β-unsaturated/α-hetero) is 1. The minimum absolute atomic E-state index is 0.0373. The van der Waals surface area contributed by atoms with E-state index in [2.05, 4.69) is 19.7 Å². The molecule has 0 spiro atoms. The summed E-state index contributed by atoms with van der Waals surface area (Å²) < 4.78 is 28.8. The van der Waals surface area contributed by atoms with E-state index in [1.807, 2.05) is 0 Å². The van der Waals surface area contributed by atoms with Gasteiger partial charge in [-0.1, -0.05) is 12.1 Å². The topological polar surface area (TPSA) is 107 Å². The average molecular weight is 343 g/mol. The fraction of sp³-hybridized carbons (Fsp3) is 0.0667. The SMILES string of the molecule is CC(=O)c1ccc(S(=O)(=O)Nc2cc(-n3ccnc3)ncn2)cc1. The molecule has 9 heteroatoms. The summed E-state index contributed by atoms with van der Waals surface area (Å²) in [5.41, 5.74) is 0.443. The molecule has 2 aromatic heterocycles. The Balaban J connectivity index is 1.87. The molecule has 0 unspecified atom stereocenters. The molecule has 0 radical (unpaired) electrons. The van der Waals surface area contributed by atoms with Crippen LogP contribution in [0.15, 0.2) is 60.3 Å². The van der Waals surface area contributed by atoms with E-state index in [9.17, 15) is 13.2 Å². The summed E-state index contributed by atoms with van der Waals surface area (Å²) in [6.45, 7) is 1.42. The second-order valence-electron chi connectivity index (χ2n) is 4.92. The van der Waals surface area contributed by atoms with Crippen molar-refractivity contribution in [2.24, 2.45) is 0 Å². The molecule has 24 heavy (non-hydrogen) atoms. The van der Waals surface area contributed by atoms with Crippen LogP contribution >= 0.6 is 0 Å². The van der Waals surface area contributed by atoms with E-state index in [1.54, 1.807) is 23.3 Å². The summed E-state index contributed by atoms with van der Waals surface area (Å²) in [7, 11) is -3.82. The second kappa shape index (κ2) is 6.20. The number of sulfonamides is 1. The van der Waals surface area contributed by atoms with Crippen LogP contribution in [0.25, 0.3) is 5.82 Å². The molecule has 1 N–H and O–H groups in total. The van der Waals surface area contributed by atoms with Crippen molar-refractivity contribution in [1.82, 2.24) is 19.5 Å². The molecule has 0 aliphatic carbocycles. The average Bonchev–Trinajstić information content (AvgIpc) is 3.09. The first kappa shape index (κ1) is 15.8. The first-order chi connectivity index (χ1) is 11.5. The van der Waals surface area contributed by atoms with Crippen molar-refractivity contribution >= 4 is 21.6 Å². The van der Waals surface area contributed by atoms with E-state index in [0.717, 1.165) is 0 Å². The number of carbonyl (C=O) groups excluding carboxylic acids is 1. The normalized spacial score (nSPS) is 11.2. The zero-order chi connectivity index (χ0) is 17.2. The van der Waals surface area contributed by atoms with Crippen molar-refractivity contribution in [2.75, 3.05) is 4.72 Å². The first-order valence-corrected chi connectivity index (χ1v) is 8.38. The van der Waals surface area contributed by atoms with Crippen molar-refractivity contribution in [3.8, 4) is 5.82 Å². The third-order valence-electron chi connectivity index (χ3n) is 3.23. The summed E-state index contributed by atoms with van der Waals surface area (Å²) >= 11 is 0. The van der Waals surface area contributed by atoms with Crippen LogP contribution in [0.4, 0.5) is 5.82 Å². The quantitative estimate of drug-likeness (QED) is 0.706. The third-order valence-corrected chi connectivity index (χ3v) is 4.60. The lowest BCUT2D eigenvalue weighted by molar-refractivity contribution is 0.101. The number of hydrogen-bond donors (Lipinski definition) is 1. The van der Waals surface area contributed by atoms with E-state index in [0.29, 0.717) is 11.4 Å². The Morgan fingerprint density at radius 3 is 2.54 bits per heavy atom. The molecule has 0 saturated carbocycles. The molecule has 0 aliphatic rings. The summed E-state index contributed by atoms with van der Waals surface area (Å²) in [5.74, 6) is 0.476. The van der Waals surface area contributed by atoms with Crippen LogP contribution in [0, 0.1) is 0 Å². The molecular weight excluding hydrogens is 330 g/mol. The van der Waals surface area contributed by atoms with Crippen LogP contribution in [0.5, 0.6) is 0 Å². The maximum Gasteiger partial charge on any atom is 0.263 e. The van der Waals surface area contributed by atoms with Crippen molar-refractivity contribution in [1.29, 1.82) is 0 Å². The second-order valence-corrected chi connectivity index (χ2v) is 6.60. The van der Waals surface area contributed by atoms with Gasteiger partial charge in [-0.15, -0.1) is 0 Å². The molecular formula is C15H13N5O3S. The third kappa shape index (κ3) is 3.30. The summed E-state index contributed by atoms with van der Waals surface area (Å²) in [5, 5.41) is 0. The number of aromatic nitrogens is 4. The van der Waals surface area contributed by atoms with Crippen molar-refractivity contribution in [2.45, 2.75) is 11.8 Å². The highest BCUT2D eigenvalue weighted by Crippen LogP contribution is 2.16. The van der Waals surface area contributed by atoms with Gasteiger partial charge in [0.1, 0.15) is 24.3 Å². The molecule has 8 nitrogen and oxygen atoms in total. The molecule has 3 aromatic rings. The van der Waals surface area contributed by atoms with E-state index < -0.39 is 10.0 Å². The van der Waals surface area contributed by atoms with Crippen LogP contribution in [0.3, 0.4) is 0 Å². The number of ketones is 1. The number of hydrogen-bond acceptors (Lipinski definition) is 6. The number of nitrogens with one attached hydrogen (secondary N) is 1. The smallest absolute Gasteiger partial charge is 0.263 e. The predicted octanol–water partition coefficient (Wildman–Crippen LogP) is 1.67. The summed E-state index contributed by atoms with van der Waals surface area (Å²) in [6.07, 6.45) is 6.07. The molecule has 0 bridgehead atoms. The summed E-state index contributed by atoms with van der Waals surface area (Å²) in [4.78, 5) is 23.2. The minimum Gasteiger partial charge on any atom is -0.295 e. The molecule has 0 amide bonds. The lowest BCUT2D eigenvalue weighted by Gasteiger charge is -2.09. The minimum atomic E-state index is -3.82. The molecule has 0 aliphatic heterocycles. The standard InChI is InChI=1S/C15H13N5O3S/c1-11(21)12-2-4-13(5-3-12)24(22,23)19-14-8-15(18-9-17-14)20-7-6-16-10-20/h2-10H,1H3,(H,17,18,19). The van der Waals surface area contributed by atoms with E-state index in [1.165, 1.54) is 43.6 Å². The van der Waals surface area contributed by atoms with Crippen molar-refractivity contribution in [3.05, 3.63) is 60.9 Å². The Morgan fingerprint density at radius 1 is 1.17 bits per heavy atom. The highest BCUT2D eigenvalue weighted by molar-refractivity contribution is 7.92. The van der Waals surface area contributed by atoms with Gasteiger partial charge in [-0.2, -0.15) is 0 Å². The molecule has 2 heterocycles. The van der Waals surface area contributed by atoms with Gasteiger partial charge in [0.25, 0.3) is 10.0 Å². The van der Waals surface area contributed by atoms with E-state index in [4.69, 9.17) is 0 Å². The largest absolute Gasteiger partial charge is 0.295 e. The lowest BCUT2D eigenvalue weighted by Crippen LogP contribution is -2.14. The molecule has 0 atom stereocenters. The van der Waals surface area contributed by atoms with Gasteiger partial charge in [-0.25, -0.2) is 23.4 Å². The van der Waals surface area contributed by atoms with Crippen LogP contribution < -0.4 is 4.72 Å². The Bertz CT molecular complexity index is 967. The number of anilines is 1. The number of nitrogens with zero attached hydrogens (tertiary/aromatic N) is 4. The fourth-order valence-electron chi connectivity index (χ4n) is 2.00. The Hall–Kier alpha value is -3.07. The lowest BCUT2D eigenvalue weighted by atomic mass is 10.2. The van der Waals surface area contributed by atoms with Crippen LogP contribution in [-0.4, -0.2) is 33.7 Å². The maximum atomic E-state index is 12.4. The zero-order valence-electron chi connectivity index (χ0n) is 12.6. The molecule has 1 aromatic carbocycles. The number of imidazole rings is 1. The highest BCUT2D eigenvalue weighted by Gasteiger charge is 2.16. The van der Waals surface area contributed by atoms with Gasteiger partial charge in [-0.3, -0.25) is 14.1 Å². The fourth-order valence-corrected chi connectivity index (χ4v) is 3.00. The van der Waals surface area contributed by atoms with Gasteiger partial charge >= 0.3 is 0 Å². The Kier molecular flexibility index (Phi) is 4.09. The number of benzene rings is 1. The van der Waals surface area contributed by atoms with Crippen molar-refractivity contribution in [3.63, 3.8) is 0 Å². The van der Waals surface area contributed by atoms with Gasteiger partial charge in [0.15, 0.2) is 5.78 Å². The Morgan fingerprint density at radius 2 is 1.92 bits per heavy atom. The zero-order valence-corrected chi connectivity index (χ0v) is 13.4. The Labute approximate surface area is 138 Å². The molecule has 3 rings (SSSR count). The molecule has 0 saturated heterocycles. The van der Waals surface area contributed by atoms with Gasteiger partial charge in [0.05, 0.1) is 4.90 Å². The first-order valence-electron chi connectivity index (χ1n) is 6.90. The molecule has 0 fully saturated rings. The summed E-state index contributed by atoms with van der Waals surface area (Å²) in [6, 6.07) is 7.17. The van der Waals surface area contributed by atoms with E-state index in [-0.39, 0.29) is 16.5 Å².